The van der Waals surface area contributed by atoms with Crippen molar-refractivity contribution in [1.82, 2.24) is 9.97 Å². The number of aromatic nitrogens is 2. The first-order valence-corrected chi connectivity index (χ1v) is 7.68. The van der Waals surface area contributed by atoms with Crippen molar-refractivity contribution < 1.29 is 0 Å². The molecular weight excluding hydrogens is 260 g/mol. The smallest absolute Gasteiger partial charge is 0.136 e. The molecule has 1 aromatic carbocycles. The van der Waals surface area contributed by atoms with E-state index < -0.39 is 0 Å². The van der Waals surface area contributed by atoms with E-state index in [9.17, 15) is 0 Å². The summed E-state index contributed by atoms with van der Waals surface area (Å²) in [5.74, 6) is 3.55. The Hall–Kier alpha value is -2.10. The van der Waals surface area contributed by atoms with Crippen LogP contribution in [-0.4, -0.2) is 16.5 Å². The minimum atomic E-state index is 0.526. The number of hydrogen-bond acceptors (Lipinski definition) is 4. The van der Waals surface area contributed by atoms with Crippen LogP contribution in [0.2, 0.25) is 0 Å². The number of fused-ring (bicyclic) bond motifs is 1. The quantitative estimate of drug-likeness (QED) is 0.903. The van der Waals surface area contributed by atoms with Crippen LogP contribution >= 0.6 is 0 Å². The lowest BCUT2D eigenvalue weighted by atomic mass is 9.77. The van der Waals surface area contributed by atoms with Crippen LogP contribution in [0.25, 0.3) is 0 Å². The molecular formula is C17H20N4. The first-order valence-electron chi connectivity index (χ1n) is 7.68. The van der Waals surface area contributed by atoms with Gasteiger partial charge in [0.1, 0.15) is 17.5 Å². The Kier molecular flexibility index (Phi) is 2.84. The van der Waals surface area contributed by atoms with Crippen LogP contribution in [0, 0.1) is 6.92 Å². The Balaban J connectivity index is 1.50. The number of rotatable bonds is 4. The number of nitrogens with zero attached hydrogens (tertiary/aromatic N) is 2. The van der Waals surface area contributed by atoms with Crippen molar-refractivity contribution in [2.45, 2.75) is 38.0 Å². The maximum absolute atomic E-state index is 6.03. The van der Waals surface area contributed by atoms with Crippen molar-refractivity contribution in [3.05, 3.63) is 46.8 Å². The first-order chi connectivity index (χ1) is 10.2. The summed E-state index contributed by atoms with van der Waals surface area (Å²) in [6.07, 6.45) is 3.54. The van der Waals surface area contributed by atoms with Gasteiger partial charge in [0.15, 0.2) is 0 Å². The Morgan fingerprint density at radius 3 is 2.81 bits per heavy atom. The van der Waals surface area contributed by atoms with Crippen molar-refractivity contribution in [3.63, 3.8) is 0 Å². The fraction of sp³-hybridized carbons (Fsp3) is 0.412. The molecule has 2 aliphatic rings. The van der Waals surface area contributed by atoms with E-state index in [1.54, 1.807) is 0 Å². The SMILES string of the molecule is Cc1c(N)nc(C2CC2)nc1NCC1Cc2ccccc21. The van der Waals surface area contributed by atoms with Gasteiger partial charge in [-0.05, 0) is 37.3 Å². The van der Waals surface area contributed by atoms with E-state index in [4.69, 9.17) is 5.73 Å². The van der Waals surface area contributed by atoms with Crippen LogP contribution < -0.4 is 11.1 Å². The molecule has 4 nitrogen and oxygen atoms in total. The van der Waals surface area contributed by atoms with Crippen LogP contribution in [0.1, 0.15) is 47.2 Å². The molecule has 1 fully saturated rings. The average Bonchev–Trinajstić information content (AvgIpc) is 3.28. The lowest BCUT2D eigenvalue weighted by Gasteiger charge is -2.30. The van der Waals surface area contributed by atoms with Gasteiger partial charge in [0.2, 0.25) is 0 Å². The Labute approximate surface area is 124 Å². The van der Waals surface area contributed by atoms with Gasteiger partial charge in [-0.1, -0.05) is 24.3 Å². The molecule has 0 amide bonds. The minimum Gasteiger partial charge on any atom is -0.383 e. The fourth-order valence-electron chi connectivity index (χ4n) is 3.01. The molecule has 1 aromatic heterocycles. The average molecular weight is 280 g/mol. The molecule has 0 radical (unpaired) electrons. The van der Waals surface area contributed by atoms with Crippen molar-refractivity contribution in [2.24, 2.45) is 0 Å². The van der Waals surface area contributed by atoms with Gasteiger partial charge < -0.3 is 11.1 Å². The molecule has 21 heavy (non-hydrogen) atoms. The molecule has 0 bridgehead atoms. The zero-order valence-corrected chi connectivity index (χ0v) is 12.3. The van der Waals surface area contributed by atoms with Crippen molar-refractivity contribution in [1.29, 1.82) is 0 Å². The van der Waals surface area contributed by atoms with Gasteiger partial charge in [-0.25, -0.2) is 9.97 Å². The molecule has 0 saturated heterocycles. The molecule has 2 aliphatic carbocycles. The second-order valence-electron chi connectivity index (χ2n) is 6.20. The molecule has 0 spiro atoms. The highest BCUT2D eigenvalue weighted by Crippen LogP contribution is 2.39. The minimum absolute atomic E-state index is 0.526. The molecule has 1 atom stereocenters. The molecule has 3 N–H and O–H groups in total. The topological polar surface area (TPSA) is 63.8 Å². The number of anilines is 2. The third-order valence-electron chi connectivity index (χ3n) is 4.62. The van der Waals surface area contributed by atoms with Crippen LogP contribution in [0.15, 0.2) is 24.3 Å². The predicted octanol–water partition coefficient (Wildman–Crippen LogP) is 3.00. The van der Waals surface area contributed by atoms with Gasteiger partial charge in [0.25, 0.3) is 0 Å². The van der Waals surface area contributed by atoms with E-state index in [0.717, 1.165) is 30.2 Å². The van der Waals surface area contributed by atoms with Crippen LogP contribution in [0.4, 0.5) is 11.6 Å². The molecule has 0 aliphatic heterocycles. The zero-order valence-electron chi connectivity index (χ0n) is 12.3. The van der Waals surface area contributed by atoms with Crippen LogP contribution in [0.5, 0.6) is 0 Å². The van der Waals surface area contributed by atoms with Crippen LogP contribution in [-0.2, 0) is 6.42 Å². The lowest BCUT2D eigenvalue weighted by molar-refractivity contribution is 0.634. The largest absolute Gasteiger partial charge is 0.383 e. The van der Waals surface area contributed by atoms with E-state index >= 15 is 0 Å². The number of hydrogen-bond donors (Lipinski definition) is 2. The van der Waals surface area contributed by atoms with Gasteiger partial charge in [-0.2, -0.15) is 0 Å². The van der Waals surface area contributed by atoms with E-state index in [1.165, 1.54) is 24.0 Å². The standard InChI is InChI=1S/C17H20N4/c1-10-15(18)20-17(11-6-7-11)21-16(10)19-9-13-8-12-4-2-3-5-14(12)13/h2-5,11,13H,6-9H2,1H3,(H3,18,19,20,21). The van der Waals surface area contributed by atoms with Gasteiger partial charge in [-0.15, -0.1) is 0 Å². The maximum Gasteiger partial charge on any atom is 0.136 e. The maximum atomic E-state index is 6.03. The summed E-state index contributed by atoms with van der Waals surface area (Å²) in [5.41, 5.74) is 9.93. The Morgan fingerprint density at radius 2 is 2.05 bits per heavy atom. The molecule has 1 saturated carbocycles. The summed E-state index contributed by atoms with van der Waals surface area (Å²) in [6, 6.07) is 8.66. The molecule has 4 heteroatoms. The summed E-state index contributed by atoms with van der Waals surface area (Å²) in [4.78, 5) is 9.10. The normalized spacial score (nSPS) is 19.8. The highest BCUT2D eigenvalue weighted by atomic mass is 15.1. The summed E-state index contributed by atoms with van der Waals surface area (Å²) in [6.45, 7) is 2.90. The predicted molar refractivity (Wildman–Crippen MR) is 84.5 cm³/mol. The fourth-order valence-corrected chi connectivity index (χ4v) is 3.01. The van der Waals surface area contributed by atoms with Gasteiger partial charge in [0, 0.05) is 23.9 Å². The number of nitrogens with one attached hydrogen (secondary N) is 1. The van der Waals surface area contributed by atoms with E-state index in [-0.39, 0.29) is 0 Å². The molecule has 1 heterocycles. The first kappa shape index (κ1) is 12.6. The summed E-state index contributed by atoms with van der Waals surface area (Å²) >= 11 is 0. The monoisotopic (exact) mass is 280 g/mol. The van der Waals surface area contributed by atoms with E-state index in [2.05, 4.69) is 39.6 Å². The zero-order chi connectivity index (χ0) is 14.4. The van der Waals surface area contributed by atoms with Crippen LogP contribution in [0.3, 0.4) is 0 Å². The summed E-state index contributed by atoms with van der Waals surface area (Å²) < 4.78 is 0. The lowest BCUT2D eigenvalue weighted by Crippen LogP contribution is -2.25. The van der Waals surface area contributed by atoms with Crippen molar-refractivity contribution in [3.8, 4) is 0 Å². The summed E-state index contributed by atoms with van der Waals surface area (Å²) in [5, 5.41) is 3.49. The van der Waals surface area contributed by atoms with Crippen molar-refractivity contribution >= 4 is 11.6 Å². The van der Waals surface area contributed by atoms with E-state index in [1.807, 2.05) is 6.92 Å². The molecule has 1 unspecified atom stereocenters. The molecule has 4 rings (SSSR count). The molecule has 2 aromatic rings. The third kappa shape index (κ3) is 2.24. The van der Waals surface area contributed by atoms with Gasteiger partial charge in [-0.3, -0.25) is 0 Å². The van der Waals surface area contributed by atoms with Crippen molar-refractivity contribution in [2.75, 3.05) is 17.6 Å². The second-order valence-corrected chi connectivity index (χ2v) is 6.20. The third-order valence-corrected chi connectivity index (χ3v) is 4.62. The van der Waals surface area contributed by atoms with Gasteiger partial charge >= 0.3 is 0 Å². The number of nitrogens with two attached hydrogens (primary N) is 1. The van der Waals surface area contributed by atoms with Gasteiger partial charge in [0.05, 0.1) is 0 Å². The van der Waals surface area contributed by atoms with E-state index in [0.29, 0.717) is 17.7 Å². The number of benzene rings is 1. The second kappa shape index (κ2) is 4.72. The number of nitrogen functional groups attached to an aromatic ring is 1. The Bertz CT molecular complexity index is 691. The Morgan fingerprint density at radius 1 is 1.24 bits per heavy atom. The highest BCUT2D eigenvalue weighted by molar-refractivity contribution is 5.55. The summed E-state index contributed by atoms with van der Waals surface area (Å²) in [7, 11) is 0. The molecule has 108 valence electrons. The highest BCUT2D eigenvalue weighted by Gasteiger charge is 2.29.